The van der Waals surface area contributed by atoms with E-state index in [9.17, 15) is 9.90 Å². The predicted molar refractivity (Wildman–Crippen MR) is 127 cm³/mol. The molecule has 3 atom stereocenters. The molecule has 1 saturated carbocycles. The Balaban J connectivity index is 1.49. The topological polar surface area (TPSA) is 91.0 Å². The zero-order valence-corrected chi connectivity index (χ0v) is 19.6. The summed E-state index contributed by atoms with van der Waals surface area (Å²) in [7, 11) is 0. The highest BCUT2D eigenvalue weighted by molar-refractivity contribution is 6.30. The molecule has 0 radical (unpaired) electrons. The zero-order chi connectivity index (χ0) is 23.0. The fourth-order valence-corrected chi connectivity index (χ4v) is 4.73. The minimum atomic E-state index is -0.871. The van der Waals surface area contributed by atoms with Gasteiger partial charge in [-0.2, -0.15) is 0 Å². The maximum Gasteiger partial charge on any atom is 0.232 e. The van der Waals surface area contributed by atoms with Crippen molar-refractivity contribution in [1.29, 1.82) is 0 Å². The summed E-state index contributed by atoms with van der Waals surface area (Å²) in [4.78, 5) is 19.1. The minimum absolute atomic E-state index is 0.00297. The molecule has 1 heterocycles. The summed E-state index contributed by atoms with van der Waals surface area (Å²) in [6, 6.07) is 13.3. The summed E-state index contributed by atoms with van der Waals surface area (Å²) in [5.74, 6) is 0.746. The predicted octanol–water partition coefficient (Wildman–Crippen LogP) is 4.21. The van der Waals surface area contributed by atoms with E-state index in [0.717, 1.165) is 35.1 Å². The van der Waals surface area contributed by atoms with Crippen molar-refractivity contribution < 1.29 is 9.90 Å². The average molecular weight is 455 g/mol. The number of aryl methyl sites for hydroxylation is 1. The first-order valence-electron chi connectivity index (χ1n) is 11.1. The maximum absolute atomic E-state index is 12.9. The summed E-state index contributed by atoms with van der Waals surface area (Å²) in [5.41, 5.74) is 9.47. The van der Waals surface area contributed by atoms with Gasteiger partial charge in [-0.3, -0.25) is 15.0 Å². The van der Waals surface area contributed by atoms with Crippen LogP contribution in [-0.2, 0) is 11.3 Å². The van der Waals surface area contributed by atoms with E-state index in [-0.39, 0.29) is 23.4 Å². The third-order valence-electron chi connectivity index (χ3n) is 6.49. The first-order chi connectivity index (χ1) is 15.1. The molecule has 2 aromatic rings. The molecule has 170 valence electrons. The number of nitrogens with one attached hydrogen (secondary N) is 1. The fraction of sp³-hybridized carbons (Fsp3) is 0.440. The van der Waals surface area contributed by atoms with E-state index in [1.165, 1.54) is 0 Å². The van der Waals surface area contributed by atoms with Crippen molar-refractivity contribution in [2.45, 2.75) is 64.4 Å². The Morgan fingerprint density at radius 3 is 2.69 bits per heavy atom. The molecule has 1 aliphatic heterocycles. The molecule has 1 aliphatic carbocycles. The Labute approximate surface area is 194 Å². The van der Waals surface area contributed by atoms with Crippen molar-refractivity contribution in [3.63, 3.8) is 0 Å². The molecule has 2 aromatic carbocycles. The third-order valence-corrected chi connectivity index (χ3v) is 6.72. The number of aliphatic hydroxyl groups excluding tert-OH is 1. The molecule has 0 saturated heterocycles. The van der Waals surface area contributed by atoms with Crippen LogP contribution in [0.3, 0.4) is 0 Å². The van der Waals surface area contributed by atoms with Gasteiger partial charge in [0.25, 0.3) is 0 Å². The molecule has 32 heavy (non-hydrogen) atoms. The second-order valence-electron chi connectivity index (χ2n) is 9.36. The van der Waals surface area contributed by atoms with Gasteiger partial charge in [0.15, 0.2) is 5.96 Å². The van der Waals surface area contributed by atoms with E-state index in [2.05, 4.69) is 5.32 Å². The van der Waals surface area contributed by atoms with Gasteiger partial charge >= 0.3 is 0 Å². The molecule has 0 spiro atoms. The number of halogens is 1. The number of nitrogens with zero attached hydrogens (tertiary/aromatic N) is 2. The Bertz CT molecular complexity index is 1050. The lowest BCUT2D eigenvalue weighted by atomic mass is 9.90. The van der Waals surface area contributed by atoms with Crippen molar-refractivity contribution in [3.8, 4) is 0 Å². The van der Waals surface area contributed by atoms with Crippen LogP contribution in [0.4, 0.5) is 0 Å². The van der Waals surface area contributed by atoms with Crippen LogP contribution < -0.4 is 11.1 Å². The molecule has 0 bridgehead atoms. The highest BCUT2D eigenvalue weighted by Gasteiger charge is 2.46. The van der Waals surface area contributed by atoms with Crippen molar-refractivity contribution >= 4 is 23.5 Å². The van der Waals surface area contributed by atoms with Gasteiger partial charge in [0.05, 0.1) is 18.5 Å². The van der Waals surface area contributed by atoms with Crippen molar-refractivity contribution in [1.82, 2.24) is 10.2 Å². The minimum Gasteiger partial charge on any atom is -0.374 e. The number of benzene rings is 2. The van der Waals surface area contributed by atoms with Gasteiger partial charge in [-0.05, 0) is 68.4 Å². The van der Waals surface area contributed by atoms with E-state index in [1.807, 2.05) is 63.2 Å². The van der Waals surface area contributed by atoms with Gasteiger partial charge in [-0.15, -0.1) is 0 Å². The number of hydrogen-bond acceptors (Lipinski definition) is 5. The first-order valence-corrected chi connectivity index (χ1v) is 11.5. The van der Waals surface area contributed by atoms with Gasteiger partial charge < -0.3 is 10.8 Å². The number of guanidine groups is 1. The summed E-state index contributed by atoms with van der Waals surface area (Å²) < 4.78 is 0. The smallest absolute Gasteiger partial charge is 0.232 e. The van der Waals surface area contributed by atoms with E-state index >= 15 is 0 Å². The summed E-state index contributed by atoms with van der Waals surface area (Å²) in [6.07, 6.45) is 1.74. The highest BCUT2D eigenvalue weighted by Crippen LogP contribution is 2.45. The number of carbonyl (C=O) groups excluding carboxylic acids is 1. The fourth-order valence-electron chi connectivity index (χ4n) is 4.53. The van der Waals surface area contributed by atoms with E-state index in [1.54, 1.807) is 4.90 Å². The zero-order valence-electron chi connectivity index (χ0n) is 18.8. The lowest BCUT2D eigenvalue weighted by Gasteiger charge is -2.35. The second kappa shape index (κ2) is 8.85. The van der Waals surface area contributed by atoms with Crippen LogP contribution in [0.2, 0.25) is 5.02 Å². The van der Waals surface area contributed by atoms with Crippen molar-refractivity contribution in [2.75, 3.05) is 0 Å². The average Bonchev–Trinajstić information content (AvgIpc) is 3.56. The molecule has 0 aromatic heterocycles. The monoisotopic (exact) mass is 454 g/mol. The quantitative estimate of drug-likeness (QED) is 0.546. The van der Waals surface area contributed by atoms with Gasteiger partial charge in [0.1, 0.15) is 6.23 Å². The van der Waals surface area contributed by atoms with Crippen LogP contribution in [-0.4, -0.2) is 27.4 Å². The van der Waals surface area contributed by atoms with Crippen LogP contribution in [0.1, 0.15) is 67.6 Å². The summed E-state index contributed by atoms with van der Waals surface area (Å²) >= 11 is 6.10. The molecule has 1 amide bonds. The second-order valence-corrected chi connectivity index (χ2v) is 9.79. The molecule has 1 fully saturated rings. The van der Waals surface area contributed by atoms with Gasteiger partial charge in [0, 0.05) is 11.1 Å². The molecule has 1 unspecified atom stereocenters. The molecule has 4 N–H and O–H groups in total. The van der Waals surface area contributed by atoms with Crippen molar-refractivity contribution in [2.24, 2.45) is 16.6 Å². The third kappa shape index (κ3) is 4.98. The summed E-state index contributed by atoms with van der Waals surface area (Å²) in [6.45, 7) is 6.31. The number of hydrogen-bond donors (Lipinski definition) is 3. The van der Waals surface area contributed by atoms with Gasteiger partial charge in [-0.25, -0.2) is 4.99 Å². The molecule has 4 rings (SSSR count). The SMILES string of the molecule is Cc1cc(CN2C(=O)C[C@@](C)(C3CC3)N=C2N)cc(C(O)N[C@@H](C)c2cccc(Cl)c2)c1. The van der Waals surface area contributed by atoms with Gasteiger partial charge in [0.2, 0.25) is 5.91 Å². The van der Waals surface area contributed by atoms with E-state index in [0.29, 0.717) is 23.9 Å². The van der Waals surface area contributed by atoms with E-state index in [4.69, 9.17) is 22.3 Å². The molecular weight excluding hydrogens is 424 g/mol. The number of rotatable bonds is 7. The number of amides is 1. The van der Waals surface area contributed by atoms with Crippen LogP contribution in [0.5, 0.6) is 0 Å². The molecule has 2 aliphatic rings. The normalized spacial score (nSPS) is 23.1. The van der Waals surface area contributed by atoms with Crippen LogP contribution in [0.25, 0.3) is 0 Å². The number of aliphatic hydroxyl groups is 1. The Morgan fingerprint density at radius 1 is 1.28 bits per heavy atom. The lowest BCUT2D eigenvalue weighted by molar-refractivity contribution is -0.130. The Kier molecular flexibility index (Phi) is 6.30. The summed E-state index contributed by atoms with van der Waals surface area (Å²) in [5, 5.41) is 14.7. The van der Waals surface area contributed by atoms with E-state index < -0.39 is 6.23 Å². The number of carbonyl (C=O) groups is 1. The number of nitrogens with two attached hydrogens (primary N) is 1. The number of aliphatic imine (C=N–C) groups is 1. The van der Waals surface area contributed by atoms with Crippen LogP contribution in [0.15, 0.2) is 47.5 Å². The first kappa shape index (κ1) is 22.8. The Morgan fingerprint density at radius 2 is 2.03 bits per heavy atom. The standard InChI is InChI=1S/C25H31ClN4O2/c1-15-9-17(14-30-22(31)13-25(3,20-7-8-20)29-24(30)27)11-19(10-15)23(32)28-16(2)18-5-4-6-21(26)12-18/h4-6,9-12,16,20,23,28,32H,7-8,13-14H2,1-3H3,(H2,27,29)/t16-,23?,25-/m0/s1. The van der Waals surface area contributed by atoms with Gasteiger partial charge in [-0.1, -0.05) is 47.5 Å². The van der Waals surface area contributed by atoms with Crippen molar-refractivity contribution in [3.05, 3.63) is 69.7 Å². The Hall–Kier alpha value is -2.41. The molecular formula is C25H31ClN4O2. The largest absolute Gasteiger partial charge is 0.374 e. The highest BCUT2D eigenvalue weighted by atomic mass is 35.5. The van der Waals surface area contributed by atoms with Crippen LogP contribution in [0, 0.1) is 12.8 Å². The molecule has 6 nitrogen and oxygen atoms in total. The lowest BCUT2D eigenvalue weighted by Crippen LogP contribution is -2.50. The maximum atomic E-state index is 12.9. The van der Waals surface area contributed by atoms with Crippen LogP contribution >= 0.6 is 11.6 Å². The molecule has 7 heteroatoms.